The Morgan fingerprint density at radius 1 is 1.37 bits per heavy atom. The molecule has 1 unspecified atom stereocenters. The number of rotatable bonds is 8. The maximum Gasteiger partial charge on any atom is 0.126 e. The lowest BCUT2D eigenvalue weighted by Gasteiger charge is -2.26. The predicted molar refractivity (Wildman–Crippen MR) is 75.0 cm³/mol. The van der Waals surface area contributed by atoms with Crippen molar-refractivity contribution in [3.05, 3.63) is 29.6 Å². The van der Waals surface area contributed by atoms with Gasteiger partial charge in [-0.3, -0.25) is 0 Å². The Morgan fingerprint density at radius 2 is 2.11 bits per heavy atom. The van der Waals surface area contributed by atoms with Gasteiger partial charge in [-0.25, -0.2) is 4.39 Å². The third-order valence-electron chi connectivity index (χ3n) is 3.48. The van der Waals surface area contributed by atoms with Crippen molar-refractivity contribution in [1.29, 1.82) is 0 Å². The van der Waals surface area contributed by atoms with Crippen LogP contribution in [0.3, 0.4) is 0 Å². The van der Waals surface area contributed by atoms with E-state index in [4.69, 9.17) is 4.74 Å². The summed E-state index contributed by atoms with van der Waals surface area (Å²) >= 11 is 0. The molecule has 108 valence electrons. The van der Waals surface area contributed by atoms with Crippen molar-refractivity contribution in [1.82, 2.24) is 5.32 Å². The zero-order chi connectivity index (χ0) is 14.3. The van der Waals surface area contributed by atoms with Crippen molar-refractivity contribution >= 4 is 0 Å². The van der Waals surface area contributed by atoms with Gasteiger partial charge in [-0.15, -0.1) is 0 Å². The zero-order valence-corrected chi connectivity index (χ0v) is 12.0. The molecule has 0 aliphatic rings. The van der Waals surface area contributed by atoms with Crippen molar-refractivity contribution in [3.8, 4) is 5.75 Å². The van der Waals surface area contributed by atoms with Crippen molar-refractivity contribution < 1.29 is 14.2 Å². The molecule has 1 rings (SSSR count). The minimum absolute atomic E-state index is 0.118. The molecule has 0 heterocycles. The highest BCUT2D eigenvalue weighted by Crippen LogP contribution is 2.19. The number of benzene rings is 1. The van der Waals surface area contributed by atoms with E-state index in [-0.39, 0.29) is 18.0 Å². The van der Waals surface area contributed by atoms with Crippen LogP contribution < -0.4 is 10.1 Å². The Balaban J connectivity index is 2.29. The van der Waals surface area contributed by atoms with Crippen LogP contribution in [0, 0.1) is 12.7 Å². The third kappa shape index (κ3) is 5.17. The number of halogens is 1. The Morgan fingerprint density at radius 3 is 2.74 bits per heavy atom. The van der Waals surface area contributed by atoms with Gasteiger partial charge in [0.05, 0.1) is 13.2 Å². The summed E-state index contributed by atoms with van der Waals surface area (Å²) < 4.78 is 18.6. The number of likely N-dealkylation sites (N-methyl/N-ethyl adjacent to an activating group) is 1. The van der Waals surface area contributed by atoms with Crippen LogP contribution in [0.25, 0.3) is 0 Å². The molecule has 3 nitrogen and oxygen atoms in total. The number of nitrogens with one attached hydrogen (secondary N) is 1. The van der Waals surface area contributed by atoms with E-state index in [2.05, 4.69) is 5.32 Å². The van der Waals surface area contributed by atoms with Gasteiger partial charge in [-0.2, -0.15) is 0 Å². The summed E-state index contributed by atoms with van der Waals surface area (Å²) in [5.41, 5.74) is 0.714. The summed E-state index contributed by atoms with van der Waals surface area (Å²) in [5.74, 6) is 0.335. The molecule has 0 aliphatic carbocycles. The standard InChI is InChI=1S/C15H24FNO2/c1-12-6-7-13(16)10-14(12)19-9-5-4-8-15(2,11-18)17-3/h6-7,10,17-18H,4-5,8-9,11H2,1-3H3. The number of aliphatic hydroxyl groups is 1. The molecule has 4 heteroatoms. The van der Waals surface area contributed by atoms with E-state index in [0.717, 1.165) is 24.8 Å². The number of hydrogen-bond acceptors (Lipinski definition) is 3. The Bertz CT molecular complexity index is 392. The Labute approximate surface area is 114 Å². The first-order valence-electron chi connectivity index (χ1n) is 6.69. The molecule has 19 heavy (non-hydrogen) atoms. The minimum atomic E-state index is -0.274. The van der Waals surface area contributed by atoms with E-state index in [1.807, 2.05) is 20.9 Å². The van der Waals surface area contributed by atoms with E-state index in [1.54, 1.807) is 6.07 Å². The topological polar surface area (TPSA) is 41.5 Å². The van der Waals surface area contributed by atoms with Crippen LogP contribution in [-0.4, -0.2) is 30.9 Å². The van der Waals surface area contributed by atoms with Crippen molar-refractivity contribution in [3.63, 3.8) is 0 Å². The quantitative estimate of drug-likeness (QED) is 0.713. The molecule has 0 spiro atoms. The molecular weight excluding hydrogens is 245 g/mol. The van der Waals surface area contributed by atoms with Gasteiger partial charge in [0.25, 0.3) is 0 Å². The minimum Gasteiger partial charge on any atom is -0.493 e. The number of aliphatic hydroxyl groups excluding tert-OH is 1. The van der Waals surface area contributed by atoms with Gasteiger partial charge in [0.2, 0.25) is 0 Å². The molecular formula is C15H24FNO2. The average Bonchev–Trinajstić information content (AvgIpc) is 2.42. The SMILES string of the molecule is CNC(C)(CO)CCCCOc1cc(F)ccc1C. The first kappa shape index (κ1) is 15.9. The number of aryl methyl sites for hydroxylation is 1. The summed E-state index contributed by atoms with van der Waals surface area (Å²) in [5, 5.41) is 12.4. The van der Waals surface area contributed by atoms with E-state index in [0.29, 0.717) is 12.4 Å². The third-order valence-corrected chi connectivity index (χ3v) is 3.48. The van der Waals surface area contributed by atoms with E-state index in [9.17, 15) is 9.50 Å². The van der Waals surface area contributed by atoms with Crippen LogP contribution in [0.4, 0.5) is 4.39 Å². The fraction of sp³-hybridized carbons (Fsp3) is 0.600. The largest absolute Gasteiger partial charge is 0.493 e. The maximum atomic E-state index is 13.1. The van der Waals surface area contributed by atoms with Crippen LogP contribution in [0.5, 0.6) is 5.75 Å². The smallest absolute Gasteiger partial charge is 0.126 e. The normalized spacial score (nSPS) is 14.2. The van der Waals surface area contributed by atoms with Crippen LogP contribution in [0.2, 0.25) is 0 Å². The Kier molecular flexibility index (Phi) is 6.25. The lowest BCUT2D eigenvalue weighted by Crippen LogP contribution is -2.43. The van der Waals surface area contributed by atoms with Gasteiger partial charge >= 0.3 is 0 Å². The first-order valence-corrected chi connectivity index (χ1v) is 6.69. The van der Waals surface area contributed by atoms with Crippen LogP contribution in [0.1, 0.15) is 31.7 Å². The predicted octanol–water partition coefficient (Wildman–Crippen LogP) is 2.65. The molecule has 1 aromatic rings. The molecule has 2 N–H and O–H groups in total. The van der Waals surface area contributed by atoms with Crippen molar-refractivity contribution in [2.75, 3.05) is 20.3 Å². The van der Waals surface area contributed by atoms with Gasteiger partial charge in [0, 0.05) is 11.6 Å². The monoisotopic (exact) mass is 269 g/mol. The highest BCUT2D eigenvalue weighted by molar-refractivity contribution is 5.32. The van der Waals surface area contributed by atoms with Crippen LogP contribution in [-0.2, 0) is 0 Å². The molecule has 0 fully saturated rings. The zero-order valence-electron chi connectivity index (χ0n) is 12.0. The maximum absolute atomic E-state index is 13.1. The fourth-order valence-corrected chi connectivity index (χ4v) is 1.81. The summed E-state index contributed by atoms with van der Waals surface area (Å²) in [7, 11) is 1.85. The molecule has 0 aromatic heterocycles. The van der Waals surface area contributed by atoms with Crippen LogP contribution in [0.15, 0.2) is 18.2 Å². The van der Waals surface area contributed by atoms with Gasteiger partial charge in [0.1, 0.15) is 11.6 Å². The first-order chi connectivity index (χ1) is 9.00. The molecule has 0 saturated carbocycles. The summed E-state index contributed by atoms with van der Waals surface area (Å²) in [6.07, 6.45) is 2.71. The van der Waals surface area contributed by atoms with Crippen molar-refractivity contribution in [2.24, 2.45) is 0 Å². The number of unbranched alkanes of at least 4 members (excludes halogenated alkanes) is 1. The Hall–Kier alpha value is -1.13. The van der Waals surface area contributed by atoms with Gasteiger partial charge in [0.15, 0.2) is 0 Å². The molecule has 0 aliphatic heterocycles. The lowest BCUT2D eigenvalue weighted by atomic mass is 9.96. The number of hydrogen-bond donors (Lipinski definition) is 2. The second kappa shape index (κ2) is 7.46. The second-order valence-electron chi connectivity index (χ2n) is 5.18. The fourth-order valence-electron chi connectivity index (χ4n) is 1.81. The van der Waals surface area contributed by atoms with Crippen molar-refractivity contribution in [2.45, 2.75) is 38.6 Å². The number of ether oxygens (including phenoxy) is 1. The molecule has 0 amide bonds. The molecule has 1 atom stereocenters. The molecule has 0 bridgehead atoms. The van der Waals surface area contributed by atoms with Gasteiger partial charge in [-0.05, 0) is 51.8 Å². The summed E-state index contributed by atoms with van der Waals surface area (Å²) in [6, 6.07) is 4.57. The average molecular weight is 269 g/mol. The highest BCUT2D eigenvalue weighted by atomic mass is 19.1. The highest BCUT2D eigenvalue weighted by Gasteiger charge is 2.19. The van der Waals surface area contributed by atoms with Crippen LogP contribution >= 0.6 is 0 Å². The second-order valence-corrected chi connectivity index (χ2v) is 5.18. The van der Waals surface area contributed by atoms with E-state index < -0.39 is 0 Å². The summed E-state index contributed by atoms with van der Waals surface area (Å²) in [4.78, 5) is 0. The molecule has 0 radical (unpaired) electrons. The van der Waals surface area contributed by atoms with E-state index in [1.165, 1.54) is 12.1 Å². The van der Waals surface area contributed by atoms with Gasteiger partial charge in [-0.1, -0.05) is 6.07 Å². The summed E-state index contributed by atoms with van der Waals surface area (Å²) in [6.45, 7) is 4.58. The van der Waals surface area contributed by atoms with E-state index >= 15 is 0 Å². The molecule has 0 saturated heterocycles. The van der Waals surface area contributed by atoms with Gasteiger partial charge < -0.3 is 15.2 Å². The lowest BCUT2D eigenvalue weighted by molar-refractivity contribution is 0.168. The molecule has 1 aromatic carbocycles.